The Morgan fingerprint density at radius 3 is 2.69 bits per heavy atom. The van der Waals surface area contributed by atoms with Gasteiger partial charge in [0.05, 0.1) is 7.11 Å². The minimum absolute atomic E-state index is 0.502. The van der Waals surface area contributed by atoms with Crippen LogP contribution in [-0.2, 0) is 6.54 Å². The first kappa shape index (κ1) is 9.99. The number of nitrogens with zero attached hydrogens (tertiary/aromatic N) is 1. The smallest absolute Gasteiger partial charge is 0.212 e. The van der Waals surface area contributed by atoms with E-state index in [-0.39, 0.29) is 0 Å². The van der Waals surface area contributed by atoms with Gasteiger partial charge in [-0.2, -0.15) is 0 Å². The Morgan fingerprint density at radius 1 is 1.46 bits per heavy atom. The number of hydrogen-bond acceptors (Lipinski definition) is 3. The maximum Gasteiger partial charge on any atom is 0.212 e. The Balaban J connectivity index is 2.49. The number of pyridine rings is 1. The summed E-state index contributed by atoms with van der Waals surface area (Å²) >= 11 is 0. The molecule has 0 atom stereocenters. The van der Waals surface area contributed by atoms with Gasteiger partial charge in [-0.15, -0.1) is 0 Å². The minimum Gasteiger partial charge on any atom is -0.481 e. The van der Waals surface area contributed by atoms with Crippen molar-refractivity contribution in [2.75, 3.05) is 7.11 Å². The van der Waals surface area contributed by atoms with Gasteiger partial charge in [-0.3, -0.25) is 0 Å². The van der Waals surface area contributed by atoms with E-state index in [2.05, 4.69) is 24.1 Å². The van der Waals surface area contributed by atoms with Crippen LogP contribution in [0.1, 0.15) is 19.4 Å². The third-order valence-corrected chi connectivity index (χ3v) is 1.72. The first-order valence-corrected chi connectivity index (χ1v) is 4.44. The molecule has 0 unspecified atom stereocenters. The number of rotatable bonds is 4. The fraction of sp³-hybridized carbons (Fsp3) is 0.500. The molecule has 1 aromatic rings. The molecule has 72 valence electrons. The molecular weight excluding hydrogens is 164 g/mol. The van der Waals surface area contributed by atoms with E-state index in [4.69, 9.17) is 4.74 Å². The van der Waals surface area contributed by atoms with E-state index in [0.29, 0.717) is 11.9 Å². The lowest BCUT2D eigenvalue weighted by atomic mass is 10.2. The van der Waals surface area contributed by atoms with Gasteiger partial charge in [0.15, 0.2) is 0 Å². The maximum atomic E-state index is 4.96. The third kappa shape index (κ3) is 3.42. The van der Waals surface area contributed by atoms with Gasteiger partial charge in [0.1, 0.15) is 0 Å². The Morgan fingerprint density at radius 2 is 2.23 bits per heavy atom. The van der Waals surface area contributed by atoms with Crippen LogP contribution in [0.15, 0.2) is 18.3 Å². The van der Waals surface area contributed by atoms with Crippen LogP contribution in [0.25, 0.3) is 0 Å². The van der Waals surface area contributed by atoms with E-state index >= 15 is 0 Å². The van der Waals surface area contributed by atoms with Gasteiger partial charge < -0.3 is 10.1 Å². The van der Waals surface area contributed by atoms with Gasteiger partial charge in [0.2, 0.25) is 5.88 Å². The molecule has 1 aromatic heterocycles. The standard InChI is InChI=1S/C10H16N2O/c1-8(2)11-6-9-4-5-10(13-3)12-7-9/h4-5,7-8,11H,6H2,1-3H3. The van der Waals surface area contributed by atoms with Crippen LogP contribution in [0.3, 0.4) is 0 Å². The Kier molecular flexibility index (Phi) is 3.71. The minimum atomic E-state index is 0.502. The summed E-state index contributed by atoms with van der Waals surface area (Å²) < 4.78 is 4.96. The van der Waals surface area contributed by atoms with E-state index in [1.807, 2.05) is 18.3 Å². The molecule has 0 spiro atoms. The molecule has 13 heavy (non-hydrogen) atoms. The molecule has 0 fully saturated rings. The van der Waals surface area contributed by atoms with Crippen molar-refractivity contribution < 1.29 is 4.74 Å². The highest BCUT2D eigenvalue weighted by molar-refractivity contribution is 5.17. The Labute approximate surface area is 79.1 Å². The molecular formula is C10H16N2O. The van der Waals surface area contributed by atoms with Crippen molar-refractivity contribution >= 4 is 0 Å². The van der Waals surface area contributed by atoms with Crippen LogP contribution in [-0.4, -0.2) is 18.1 Å². The van der Waals surface area contributed by atoms with Gasteiger partial charge in [0.25, 0.3) is 0 Å². The van der Waals surface area contributed by atoms with Crippen molar-refractivity contribution in [2.45, 2.75) is 26.4 Å². The fourth-order valence-corrected chi connectivity index (χ4v) is 0.958. The molecule has 3 nitrogen and oxygen atoms in total. The second kappa shape index (κ2) is 4.82. The summed E-state index contributed by atoms with van der Waals surface area (Å²) in [7, 11) is 1.62. The van der Waals surface area contributed by atoms with Gasteiger partial charge in [-0.1, -0.05) is 19.9 Å². The van der Waals surface area contributed by atoms with Crippen molar-refractivity contribution in [3.05, 3.63) is 23.9 Å². The van der Waals surface area contributed by atoms with E-state index < -0.39 is 0 Å². The van der Waals surface area contributed by atoms with Gasteiger partial charge in [-0.25, -0.2) is 4.98 Å². The molecule has 0 saturated heterocycles. The fourth-order valence-electron chi connectivity index (χ4n) is 0.958. The van der Waals surface area contributed by atoms with Crippen molar-refractivity contribution in [3.8, 4) is 5.88 Å². The van der Waals surface area contributed by atoms with E-state index in [0.717, 1.165) is 6.54 Å². The second-order valence-electron chi connectivity index (χ2n) is 3.24. The molecule has 1 N–H and O–H groups in total. The lowest BCUT2D eigenvalue weighted by Gasteiger charge is -2.07. The van der Waals surface area contributed by atoms with E-state index in [9.17, 15) is 0 Å². The summed E-state index contributed by atoms with van der Waals surface area (Å²) in [6.07, 6.45) is 1.83. The molecule has 0 aliphatic heterocycles. The normalized spacial score (nSPS) is 10.5. The van der Waals surface area contributed by atoms with Crippen LogP contribution in [0.4, 0.5) is 0 Å². The zero-order chi connectivity index (χ0) is 9.68. The summed E-state index contributed by atoms with van der Waals surface area (Å²) in [4.78, 5) is 4.11. The molecule has 0 saturated carbocycles. The van der Waals surface area contributed by atoms with Crippen LogP contribution in [0.5, 0.6) is 5.88 Å². The summed E-state index contributed by atoms with van der Waals surface area (Å²) in [5.74, 6) is 0.660. The molecule has 0 aromatic carbocycles. The van der Waals surface area contributed by atoms with E-state index in [1.54, 1.807) is 7.11 Å². The topological polar surface area (TPSA) is 34.1 Å². The first-order valence-electron chi connectivity index (χ1n) is 4.44. The molecule has 0 aliphatic carbocycles. The number of hydrogen-bond donors (Lipinski definition) is 1. The molecule has 0 bridgehead atoms. The maximum absolute atomic E-state index is 4.96. The molecule has 1 heterocycles. The lowest BCUT2D eigenvalue weighted by molar-refractivity contribution is 0.397. The van der Waals surface area contributed by atoms with Gasteiger partial charge >= 0.3 is 0 Å². The van der Waals surface area contributed by atoms with Gasteiger partial charge in [-0.05, 0) is 5.56 Å². The van der Waals surface area contributed by atoms with Crippen molar-refractivity contribution in [1.82, 2.24) is 10.3 Å². The van der Waals surface area contributed by atoms with Crippen LogP contribution in [0, 0.1) is 0 Å². The summed E-state index contributed by atoms with van der Waals surface area (Å²) in [5.41, 5.74) is 1.18. The highest BCUT2D eigenvalue weighted by Gasteiger charge is 1.96. The lowest BCUT2D eigenvalue weighted by Crippen LogP contribution is -2.21. The van der Waals surface area contributed by atoms with E-state index in [1.165, 1.54) is 5.56 Å². The summed E-state index contributed by atoms with van der Waals surface area (Å²) in [6.45, 7) is 5.10. The van der Waals surface area contributed by atoms with Crippen LogP contribution < -0.4 is 10.1 Å². The molecule has 3 heteroatoms. The summed E-state index contributed by atoms with van der Waals surface area (Å²) in [6, 6.07) is 4.39. The quantitative estimate of drug-likeness (QED) is 0.764. The average molecular weight is 180 g/mol. The predicted molar refractivity (Wildman–Crippen MR) is 52.8 cm³/mol. The number of methoxy groups -OCH3 is 1. The average Bonchev–Trinajstić information content (AvgIpc) is 2.15. The predicted octanol–water partition coefficient (Wildman–Crippen LogP) is 1.59. The zero-order valence-corrected chi connectivity index (χ0v) is 8.37. The van der Waals surface area contributed by atoms with Gasteiger partial charge in [0, 0.05) is 24.8 Å². The highest BCUT2D eigenvalue weighted by atomic mass is 16.5. The SMILES string of the molecule is COc1ccc(CNC(C)C)cn1. The van der Waals surface area contributed by atoms with Crippen molar-refractivity contribution in [2.24, 2.45) is 0 Å². The molecule has 0 aliphatic rings. The second-order valence-corrected chi connectivity index (χ2v) is 3.24. The largest absolute Gasteiger partial charge is 0.481 e. The highest BCUT2D eigenvalue weighted by Crippen LogP contribution is 2.06. The summed E-state index contributed by atoms with van der Waals surface area (Å²) in [5, 5.41) is 3.32. The van der Waals surface area contributed by atoms with Crippen LogP contribution in [0.2, 0.25) is 0 Å². The monoisotopic (exact) mass is 180 g/mol. The zero-order valence-electron chi connectivity index (χ0n) is 8.37. The Hall–Kier alpha value is -1.09. The Bertz CT molecular complexity index is 244. The van der Waals surface area contributed by atoms with Crippen molar-refractivity contribution in [1.29, 1.82) is 0 Å². The molecule has 1 rings (SSSR count). The number of nitrogens with one attached hydrogen (secondary N) is 1. The third-order valence-electron chi connectivity index (χ3n) is 1.72. The molecule has 0 amide bonds. The molecule has 0 radical (unpaired) electrons. The van der Waals surface area contributed by atoms with Crippen LogP contribution >= 0.6 is 0 Å². The number of aromatic nitrogens is 1. The van der Waals surface area contributed by atoms with Crippen molar-refractivity contribution in [3.63, 3.8) is 0 Å². The number of ether oxygens (including phenoxy) is 1. The first-order chi connectivity index (χ1) is 6.22.